The summed E-state index contributed by atoms with van der Waals surface area (Å²) in [6.07, 6.45) is 0.968. The second kappa shape index (κ2) is 8.50. The number of ether oxygens (including phenoxy) is 1. The maximum Gasteiger partial charge on any atom is 0.294 e. The standard InChI is InChI=1S/C19H20F2N4O4/c1-10(27)14(5-6-26)23-19-22-9-11-7-16(18(28)25(2)17(11)24-19)29-15-4-3-12(20)8-13(15)21/h3-4,7-10,14,26-27H,5-6H2,1-2H3,(H,22,23,24)/t10-,14-/m0/s1. The van der Waals surface area contributed by atoms with E-state index in [4.69, 9.17) is 9.84 Å². The molecule has 0 saturated heterocycles. The molecule has 2 atom stereocenters. The van der Waals surface area contributed by atoms with Gasteiger partial charge in [0, 0.05) is 31.3 Å². The van der Waals surface area contributed by atoms with Gasteiger partial charge in [-0.1, -0.05) is 0 Å². The highest BCUT2D eigenvalue weighted by Crippen LogP contribution is 2.25. The first-order valence-electron chi connectivity index (χ1n) is 8.85. The summed E-state index contributed by atoms with van der Waals surface area (Å²) in [6, 6.07) is 3.67. The lowest BCUT2D eigenvalue weighted by Gasteiger charge is -2.20. The maximum atomic E-state index is 13.8. The van der Waals surface area contributed by atoms with Crippen molar-refractivity contribution in [2.75, 3.05) is 11.9 Å². The first-order valence-corrected chi connectivity index (χ1v) is 8.85. The van der Waals surface area contributed by atoms with Gasteiger partial charge >= 0.3 is 0 Å². The lowest BCUT2D eigenvalue weighted by Crippen LogP contribution is -2.33. The number of anilines is 1. The molecule has 8 nitrogen and oxygen atoms in total. The normalized spacial score (nSPS) is 13.3. The summed E-state index contributed by atoms with van der Waals surface area (Å²) in [5, 5.41) is 22.3. The monoisotopic (exact) mass is 406 g/mol. The van der Waals surface area contributed by atoms with Crippen molar-refractivity contribution in [2.24, 2.45) is 7.05 Å². The number of aryl methyl sites for hydroxylation is 1. The molecule has 0 unspecified atom stereocenters. The van der Waals surface area contributed by atoms with Crippen LogP contribution in [0.15, 0.2) is 35.3 Å². The molecule has 0 saturated carbocycles. The maximum absolute atomic E-state index is 13.8. The molecule has 0 aliphatic rings. The van der Waals surface area contributed by atoms with Crippen LogP contribution in [0.1, 0.15) is 13.3 Å². The Balaban J connectivity index is 1.96. The number of nitrogens with zero attached hydrogens (tertiary/aromatic N) is 3. The number of rotatable bonds is 7. The van der Waals surface area contributed by atoms with Gasteiger partial charge in [0.15, 0.2) is 17.3 Å². The van der Waals surface area contributed by atoms with Gasteiger partial charge in [-0.05, 0) is 31.5 Å². The van der Waals surface area contributed by atoms with Gasteiger partial charge in [-0.15, -0.1) is 0 Å². The van der Waals surface area contributed by atoms with E-state index in [-0.39, 0.29) is 36.1 Å². The van der Waals surface area contributed by atoms with Crippen LogP contribution < -0.4 is 15.6 Å². The van der Waals surface area contributed by atoms with E-state index in [9.17, 15) is 18.7 Å². The summed E-state index contributed by atoms with van der Waals surface area (Å²) in [7, 11) is 1.47. The second-order valence-corrected chi connectivity index (χ2v) is 6.53. The molecule has 0 fully saturated rings. The topological polar surface area (TPSA) is 110 Å². The van der Waals surface area contributed by atoms with E-state index in [0.717, 1.165) is 12.1 Å². The minimum atomic E-state index is -0.934. The minimum absolute atomic E-state index is 0.130. The minimum Gasteiger partial charge on any atom is -0.448 e. The Morgan fingerprint density at radius 3 is 2.69 bits per heavy atom. The first-order chi connectivity index (χ1) is 13.8. The fraction of sp³-hybridized carbons (Fsp3) is 0.316. The zero-order valence-electron chi connectivity index (χ0n) is 15.8. The van der Waals surface area contributed by atoms with Crippen molar-refractivity contribution in [3.63, 3.8) is 0 Å². The van der Waals surface area contributed by atoms with Crippen molar-refractivity contribution in [3.05, 3.63) is 52.5 Å². The third kappa shape index (κ3) is 4.49. The summed E-state index contributed by atoms with van der Waals surface area (Å²) in [5.74, 6) is -1.98. The van der Waals surface area contributed by atoms with Crippen molar-refractivity contribution in [1.29, 1.82) is 0 Å². The fourth-order valence-electron chi connectivity index (χ4n) is 2.78. The lowest BCUT2D eigenvalue weighted by atomic mass is 10.1. The number of aromatic nitrogens is 3. The SMILES string of the molecule is C[C@H](O)[C@H](CCO)Nc1ncc2cc(Oc3ccc(F)cc3F)c(=O)n(C)c2n1. The van der Waals surface area contributed by atoms with Gasteiger partial charge in [-0.3, -0.25) is 9.36 Å². The Kier molecular flexibility index (Phi) is 6.04. The van der Waals surface area contributed by atoms with Crippen molar-refractivity contribution in [1.82, 2.24) is 14.5 Å². The van der Waals surface area contributed by atoms with Crippen molar-refractivity contribution in [3.8, 4) is 11.5 Å². The summed E-state index contributed by atoms with van der Waals surface area (Å²) >= 11 is 0. The Morgan fingerprint density at radius 1 is 1.28 bits per heavy atom. The predicted octanol–water partition coefficient (Wildman–Crippen LogP) is 1.94. The Labute approximate surface area is 164 Å². The smallest absolute Gasteiger partial charge is 0.294 e. The van der Waals surface area contributed by atoms with Gasteiger partial charge in [0.2, 0.25) is 5.95 Å². The summed E-state index contributed by atoms with van der Waals surface area (Å²) < 4.78 is 33.4. The molecule has 154 valence electrons. The van der Waals surface area contributed by atoms with Crippen LogP contribution in [-0.2, 0) is 7.05 Å². The van der Waals surface area contributed by atoms with Crippen LogP contribution in [-0.4, -0.2) is 43.5 Å². The lowest BCUT2D eigenvalue weighted by molar-refractivity contribution is 0.152. The molecule has 0 aliphatic carbocycles. The van der Waals surface area contributed by atoms with Crippen LogP contribution in [0.2, 0.25) is 0 Å². The molecule has 10 heteroatoms. The van der Waals surface area contributed by atoms with E-state index >= 15 is 0 Å². The van der Waals surface area contributed by atoms with Crippen LogP contribution in [0.25, 0.3) is 11.0 Å². The zero-order valence-corrected chi connectivity index (χ0v) is 15.8. The molecular formula is C19H20F2N4O4. The highest BCUT2D eigenvalue weighted by Gasteiger charge is 2.17. The molecule has 29 heavy (non-hydrogen) atoms. The van der Waals surface area contributed by atoms with Crippen molar-refractivity contribution < 1.29 is 23.7 Å². The molecule has 0 spiro atoms. The molecule has 2 heterocycles. The molecule has 0 amide bonds. The predicted molar refractivity (Wildman–Crippen MR) is 102 cm³/mol. The van der Waals surface area contributed by atoms with Gasteiger partial charge < -0.3 is 20.3 Å². The number of aliphatic hydroxyl groups excluding tert-OH is 2. The summed E-state index contributed by atoms with van der Waals surface area (Å²) in [6.45, 7) is 1.44. The highest BCUT2D eigenvalue weighted by atomic mass is 19.1. The van der Waals surface area contributed by atoms with Crippen LogP contribution in [0.3, 0.4) is 0 Å². The molecule has 3 rings (SSSR count). The van der Waals surface area contributed by atoms with Crippen molar-refractivity contribution in [2.45, 2.75) is 25.5 Å². The van der Waals surface area contributed by atoms with Crippen LogP contribution in [0.4, 0.5) is 14.7 Å². The van der Waals surface area contributed by atoms with E-state index in [1.54, 1.807) is 6.92 Å². The van der Waals surface area contributed by atoms with Crippen LogP contribution in [0.5, 0.6) is 11.5 Å². The third-order valence-corrected chi connectivity index (χ3v) is 4.37. The number of benzene rings is 1. The molecule has 2 aromatic heterocycles. The number of hydrogen-bond donors (Lipinski definition) is 3. The first kappa shape index (κ1) is 20.6. The van der Waals surface area contributed by atoms with E-state index in [0.29, 0.717) is 11.5 Å². The number of hydrogen-bond acceptors (Lipinski definition) is 7. The zero-order chi connectivity index (χ0) is 21.1. The average molecular weight is 406 g/mol. The number of nitrogens with one attached hydrogen (secondary N) is 1. The molecule has 1 aromatic carbocycles. The van der Waals surface area contributed by atoms with Crippen LogP contribution >= 0.6 is 0 Å². The molecule has 0 bridgehead atoms. The number of halogens is 2. The molecule has 0 aliphatic heterocycles. The fourth-order valence-corrected chi connectivity index (χ4v) is 2.78. The number of pyridine rings is 1. The summed E-state index contributed by atoms with van der Waals surface area (Å²) in [5.41, 5.74) is -0.291. The van der Waals surface area contributed by atoms with E-state index in [1.165, 1.54) is 23.9 Å². The van der Waals surface area contributed by atoms with Crippen molar-refractivity contribution >= 4 is 17.0 Å². The quantitative estimate of drug-likeness (QED) is 0.550. The van der Waals surface area contributed by atoms with Gasteiger partial charge in [-0.25, -0.2) is 13.8 Å². The van der Waals surface area contributed by atoms with Gasteiger partial charge in [-0.2, -0.15) is 4.98 Å². The summed E-state index contributed by atoms with van der Waals surface area (Å²) in [4.78, 5) is 21.0. The number of fused-ring (bicyclic) bond motifs is 1. The van der Waals surface area contributed by atoms with Gasteiger partial charge in [0.1, 0.15) is 11.5 Å². The third-order valence-electron chi connectivity index (χ3n) is 4.37. The Morgan fingerprint density at radius 2 is 2.03 bits per heavy atom. The Bertz CT molecular complexity index is 1090. The van der Waals surface area contributed by atoms with E-state index in [1.807, 2.05) is 0 Å². The highest BCUT2D eigenvalue weighted by molar-refractivity contribution is 5.76. The van der Waals surface area contributed by atoms with E-state index in [2.05, 4.69) is 15.3 Å². The number of aliphatic hydroxyl groups is 2. The molecule has 3 N–H and O–H groups in total. The van der Waals surface area contributed by atoms with Gasteiger partial charge in [0.05, 0.1) is 12.1 Å². The van der Waals surface area contributed by atoms with Crippen LogP contribution in [0, 0.1) is 11.6 Å². The van der Waals surface area contributed by atoms with E-state index < -0.39 is 29.3 Å². The largest absolute Gasteiger partial charge is 0.448 e. The second-order valence-electron chi connectivity index (χ2n) is 6.53. The molecule has 0 radical (unpaired) electrons. The average Bonchev–Trinajstić information content (AvgIpc) is 2.68. The Hall–Kier alpha value is -3.11. The molecule has 3 aromatic rings. The van der Waals surface area contributed by atoms with Gasteiger partial charge in [0.25, 0.3) is 5.56 Å². The molecular weight excluding hydrogens is 386 g/mol.